The van der Waals surface area contributed by atoms with Gasteiger partial charge in [0.05, 0.1) is 5.69 Å². The van der Waals surface area contributed by atoms with Gasteiger partial charge in [-0.2, -0.15) is 0 Å². The number of allylic oxidation sites excluding steroid dienone is 1. The van der Waals surface area contributed by atoms with E-state index in [9.17, 15) is 4.79 Å². The van der Waals surface area contributed by atoms with Crippen molar-refractivity contribution in [3.05, 3.63) is 85.9 Å². The van der Waals surface area contributed by atoms with Crippen molar-refractivity contribution in [1.82, 2.24) is 9.99 Å². The Morgan fingerprint density at radius 3 is 2.30 bits per heavy atom. The van der Waals surface area contributed by atoms with E-state index >= 15 is 0 Å². The third-order valence-corrected chi connectivity index (χ3v) is 5.53. The Labute approximate surface area is 188 Å². The molecule has 1 N–H and O–H groups in total. The lowest BCUT2D eigenvalue weighted by molar-refractivity contribution is -0.0000131. The molecule has 3 rings (SSSR count). The van der Waals surface area contributed by atoms with Crippen molar-refractivity contribution in [3.63, 3.8) is 0 Å². The number of amides is 1. The van der Waals surface area contributed by atoms with Crippen LogP contribution in [0.2, 0.25) is 0 Å². The van der Waals surface area contributed by atoms with Crippen LogP contribution in [0.25, 0.3) is 11.3 Å². The minimum atomic E-state index is -0.249. The maximum absolute atomic E-state index is 12.3. The quantitative estimate of drug-likeness (QED) is 0.370. The van der Waals surface area contributed by atoms with Gasteiger partial charge in [-0.05, 0) is 42.0 Å². The van der Waals surface area contributed by atoms with Gasteiger partial charge in [0.2, 0.25) is 4.80 Å². The molecule has 140 valence electrons. The summed E-state index contributed by atoms with van der Waals surface area (Å²) in [5.41, 5.74) is 5.28. The second kappa shape index (κ2) is 10.2. The Bertz CT molecular complexity index is 992. The fraction of sp³-hybridized carbons (Fsp3) is 0.0526. The van der Waals surface area contributed by atoms with Gasteiger partial charge < -0.3 is 21.5 Å². The fourth-order valence-electron chi connectivity index (χ4n) is 2.34. The van der Waals surface area contributed by atoms with Crippen molar-refractivity contribution >= 4 is 49.1 Å². The number of rotatable bonds is 5. The summed E-state index contributed by atoms with van der Waals surface area (Å²) < 4.78 is 3.97. The van der Waals surface area contributed by atoms with Crippen LogP contribution in [0.3, 0.4) is 0 Å². The highest BCUT2D eigenvalue weighted by Gasteiger charge is 2.08. The fourth-order valence-corrected chi connectivity index (χ4v) is 3.75. The highest BCUT2D eigenvalue weighted by molar-refractivity contribution is 9.10. The van der Waals surface area contributed by atoms with Crippen LogP contribution in [-0.4, -0.2) is 10.5 Å². The number of carbonyl (C=O) groups excluding carboxylic acids is 1. The second-order valence-electron chi connectivity index (χ2n) is 5.37. The summed E-state index contributed by atoms with van der Waals surface area (Å²) in [6.07, 6.45) is 1.81. The van der Waals surface area contributed by atoms with Gasteiger partial charge in [-0.3, -0.25) is 4.79 Å². The summed E-state index contributed by atoms with van der Waals surface area (Å²) in [5.74, 6) is -0.249. The summed E-state index contributed by atoms with van der Waals surface area (Å²) in [6.45, 7) is 4.42. The molecule has 1 amide bonds. The van der Waals surface area contributed by atoms with Crippen molar-refractivity contribution < 1.29 is 21.8 Å². The maximum Gasteiger partial charge on any atom is 0.271 e. The average molecular weight is 573 g/mol. The van der Waals surface area contributed by atoms with Crippen LogP contribution in [0.4, 0.5) is 0 Å². The molecule has 0 fully saturated rings. The van der Waals surface area contributed by atoms with Crippen LogP contribution in [0.1, 0.15) is 10.4 Å². The Hall–Kier alpha value is -1.48. The topological polar surface area (TPSA) is 46.4 Å². The molecule has 1 heterocycles. The molecule has 0 aliphatic rings. The zero-order valence-electron chi connectivity index (χ0n) is 14.0. The van der Waals surface area contributed by atoms with Gasteiger partial charge in [-0.25, -0.2) is 5.43 Å². The molecule has 0 unspecified atom stereocenters. The molecule has 0 atom stereocenters. The van der Waals surface area contributed by atoms with Crippen molar-refractivity contribution in [2.75, 3.05) is 0 Å². The van der Waals surface area contributed by atoms with Crippen LogP contribution in [0.5, 0.6) is 0 Å². The van der Waals surface area contributed by atoms with Gasteiger partial charge in [0.25, 0.3) is 5.91 Å². The third kappa shape index (κ3) is 5.51. The molecule has 4 nitrogen and oxygen atoms in total. The molecule has 0 saturated carbocycles. The van der Waals surface area contributed by atoms with Crippen molar-refractivity contribution in [2.45, 2.75) is 6.54 Å². The number of benzene rings is 2. The van der Waals surface area contributed by atoms with Gasteiger partial charge in [0.15, 0.2) is 0 Å². The smallest absolute Gasteiger partial charge is 0.271 e. The van der Waals surface area contributed by atoms with Crippen LogP contribution in [-0.2, 0) is 6.54 Å². The van der Waals surface area contributed by atoms with Crippen molar-refractivity contribution in [2.24, 2.45) is 5.10 Å². The van der Waals surface area contributed by atoms with E-state index in [0.29, 0.717) is 16.9 Å². The monoisotopic (exact) mass is 570 g/mol. The van der Waals surface area contributed by atoms with Gasteiger partial charge in [-0.15, -0.1) is 23.0 Å². The lowest BCUT2D eigenvalue weighted by Crippen LogP contribution is -3.00. The molecule has 2 aromatic carbocycles. The van der Waals surface area contributed by atoms with E-state index < -0.39 is 0 Å². The molecule has 8 heteroatoms. The minimum absolute atomic E-state index is 0. The van der Waals surface area contributed by atoms with Crippen LogP contribution < -0.4 is 27.2 Å². The lowest BCUT2D eigenvalue weighted by atomic mass is 10.2. The summed E-state index contributed by atoms with van der Waals surface area (Å²) >= 11 is 8.28. The molecular weight excluding hydrogens is 558 g/mol. The molecule has 0 radical (unpaired) electrons. The van der Waals surface area contributed by atoms with Gasteiger partial charge >= 0.3 is 0 Å². The first-order valence-electron chi connectivity index (χ1n) is 7.73. The van der Waals surface area contributed by atoms with E-state index in [2.05, 4.69) is 49.0 Å². The lowest BCUT2D eigenvalue weighted by Gasteiger charge is -2.07. The molecule has 0 aliphatic carbocycles. The summed E-state index contributed by atoms with van der Waals surface area (Å²) in [6, 6.07) is 15.2. The molecular formula is C19H15Br3N3OS-. The molecule has 0 spiro atoms. The molecule has 0 bridgehead atoms. The number of halogens is 3. The molecule has 27 heavy (non-hydrogen) atoms. The van der Waals surface area contributed by atoms with Crippen molar-refractivity contribution in [3.8, 4) is 11.3 Å². The van der Waals surface area contributed by atoms with Crippen molar-refractivity contribution in [1.29, 1.82) is 0 Å². The van der Waals surface area contributed by atoms with Crippen LogP contribution in [0, 0.1) is 0 Å². The van der Waals surface area contributed by atoms with E-state index in [4.69, 9.17) is 0 Å². The highest BCUT2D eigenvalue weighted by Crippen LogP contribution is 2.22. The average Bonchev–Trinajstić information content (AvgIpc) is 3.04. The number of hydrogen-bond acceptors (Lipinski definition) is 3. The minimum Gasteiger partial charge on any atom is -1.00 e. The predicted molar refractivity (Wildman–Crippen MR) is 113 cm³/mol. The van der Waals surface area contributed by atoms with Crippen LogP contribution in [0.15, 0.2) is 80.6 Å². The standard InChI is InChI=1S/C19H15Br2N3OS.BrH/c1-2-11-24-17(13-3-7-15(20)8-4-13)12-26-19(24)23-22-18(25)14-5-9-16(21)10-6-14;/h2-10,12H,1,11H2,(H,22,25);1H/p-1/b23-19+;. The van der Waals surface area contributed by atoms with E-state index in [1.807, 2.05) is 52.4 Å². The van der Waals surface area contributed by atoms with Gasteiger partial charge in [-0.1, -0.05) is 50.1 Å². The number of aromatic nitrogens is 1. The number of nitrogens with zero attached hydrogens (tertiary/aromatic N) is 2. The van der Waals surface area contributed by atoms with Gasteiger partial charge in [0.1, 0.15) is 0 Å². The Morgan fingerprint density at radius 1 is 1.11 bits per heavy atom. The predicted octanol–water partition coefficient (Wildman–Crippen LogP) is 2.18. The highest BCUT2D eigenvalue weighted by atomic mass is 79.9. The molecule has 1 aromatic heterocycles. The number of hydrogen-bond donors (Lipinski definition) is 1. The maximum atomic E-state index is 12.3. The summed E-state index contributed by atoms with van der Waals surface area (Å²) in [7, 11) is 0. The summed E-state index contributed by atoms with van der Waals surface area (Å²) in [4.78, 5) is 13.0. The molecule has 3 aromatic rings. The normalized spacial score (nSPS) is 11.0. The van der Waals surface area contributed by atoms with Gasteiger partial charge in [0, 0.05) is 26.4 Å². The first-order valence-corrected chi connectivity index (χ1v) is 10.2. The number of carbonyl (C=O) groups is 1. The first-order chi connectivity index (χ1) is 12.6. The van der Waals surface area contributed by atoms with E-state index in [-0.39, 0.29) is 22.9 Å². The van der Waals surface area contributed by atoms with E-state index in [0.717, 1.165) is 20.2 Å². The zero-order chi connectivity index (χ0) is 18.5. The summed E-state index contributed by atoms with van der Waals surface area (Å²) in [5, 5.41) is 6.33. The van der Waals surface area contributed by atoms with E-state index in [1.54, 1.807) is 12.1 Å². The largest absolute Gasteiger partial charge is 1.00 e. The Balaban J connectivity index is 0.00000261. The Morgan fingerprint density at radius 2 is 1.70 bits per heavy atom. The third-order valence-electron chi connectivity index (χ3n) is 3.61. The Kier molecular flexibility index (Phi) is 8.22. The van der Waals surface area contributed by atoms with E-state index in [1.165, 1.54) is 11.3 Å². The number of thiazole rings is 1. The molecule has 0 saturated heterocycles. The SMILES string of the molecule is C=CCn1c(-c2ccc(Br)cc2)cs/c1=N/NC(=O)c1ccc(Br)cc1.[Br-]. The zero-order valence-corrected chi connectivity index (χ0v) is 19.6. The second-order valence-corrected chi connectivity index (χ2v) is 8.04. The first kappa shape index (κ1) is 21.8. The van der Waals surface area contributed by atoms with Crippen LogP contribution >= 0.6 is 43.2 Å². The molecule has 0 aliphatic heterocycles. The number of nitrogens with one attached hydrogen (secondary N) is 1.